The molecule has 1 atom stereocenters. The molecule has 4 rings (SSSR count). The average molecular weight is 457 g/mol. The summed E-state index contributed by atoms with van der Waals surface area (Å²) in [6, 6.07) is 24.8. The Balaban J connectivity index is 1.64. The lowest BCUT2D eigenvalue weighted by molar-refractivity contribution is 0.0734. The number of ether oxygens (including phenoxy) is 1. The van der Waals surface area contributed by atoms with Crippen molar-refractivity contribution in [2.75, 3.05) is 6.54 Å². The van der Waals surface area contributed by atoms with Gasteiger partial charge in [-0.1, -0.05) is 60.7 Å². The Kier molecular flexibility index (Phi) is 6.66. The van der Waals surface area contributed by atoms with Gasteiger partial charge in [0.15, 0.2) is 10.9 Å². The van der Waals surface area contributed by atoms with Gasteiger partial charge in [0.1, 0.15) is 5.75 Å². The van der Waals surface area contributed by atoms with Crippen molar-refractivity contribution in [3.05, 3.63) is 113 Å². The van der Waals surface area contributed by atoms with Crippen molar-refractivity contribution in [3.8, 4) is 5.75 Å². The van der Waals surface area contributed by atoms with Crippen LogP contribution < -0.4 is 10.1 Å². The molecule has 0 amide bonds. The summed E-state index contributed by atoms with van der Waals surface area (Å²) >= 11 is 5.57. The summed E-state index contributed by atoms with van der Waals surface area (Å²) in [6.45, 7) is 4.58. The smallest absolute Gasteiger partial charge is 0.343 e. The van der Waals surface area contributed by atoms with Crippen LogP contribution in [0.4, 0.5) is 0 Å². The number of nitrogens with one attached hydrogen (secondary N) is 1. The number of hydrogen-bond acceptors (Lipinski definition) is 4. The van der Waals surface area contributed by atoms with Crippen molar-refractivity contribution in [2.45, 2.75) is 19.9 Å². The first-order valence-electron chi connectivity index (χ1n) is 10.7. The molecular weight excluding hydrogens is 432 g/mol. The zero-order chi connectivity index (χ0) is 23.4. The number of allylic oxidation sites excluding steroid dienone is 1. The molecule has 0 saturated heterocycles. The highest BCUT2D eigenvalue weighted by molar-refractivity contribution is 7.80. The van der Waals surface area contributed by atoms with Crippen molar-refractivity contribution < 1.29 is 14.3 Å². The normalized spacial score (nSPS) is 15.8. The molecule has 0 radical (unpaired) electrons. The molecule has 6 heteroatoms. The molecule has 5 nitrogen and oxygen atoms in total. The molecule has 1 aliphatic rings. The van der Waals surface area contributed by atoms with E-state index in [0.717, 1.165) is 11.3 Å². The van der Waals surface area contributed by atoms with Crippen LogP contribution in [0.3, 0.4) is 0 Å². The Labute approximate surface area is 198 Å². The molecule has 0 fully saturated rings. The van der Waals surface area contributed by atoms with Crippen LogP contribution >= 0.6 is 12.2 Å². The molecule has 0 aliphatic carbocycles. The molecule has 1 aliphatic heterocycles. The largest absolute Gasteiger partial charge is 0.423 e. The standard InChI is InChI=1S/C27H24N2O3S/c1-3-29-18(2)23(25(30)20-10-6-4-7-11-20)24(28-27(29)33)19-14-16-22(17-15-19)32-26(31)21-12-8-5-9-13-21/h4-17,24H,3H2,1-2H3,(H,28,33). The first-order chi connectivity index (χ1) is 16.0. The molecule has 166 valence electrons. The molecule has 1 N–H and O–H groups in total. The number of benzene rings is 3. The van der Waals surface area contributed by atoms with Gasteiger partial charge in [-0.15, -0.1) is 0 Å². The van der Waals surface area contributed by atoms with E-state index < -0.39 is 12.0 Å². The van der Waals surface area contributed by atoms with E-state index in [1.165, 1.54) is 0 Å². The van der Waals surface area contributed by atoms with Crippen molar-refractivity contribution >= 4 is 29.1 Å². The van der Waals surface area contributed by atoms with Crippen LogP contribution in [0.2, 0.25) is 0 Å². The summed E-state index contributed by atoms with van der Waals surface area (Å²) in [4.78, 5) is 27.8. The van der Waals surface area contributed by atoms with Gasteiger partial charge in [0.25, 0.3) is 0 Å². The van der Waals surface area contributed by atoms with Crippen LogP contribution in [0.25, 0.3) is 0 Å². The van der Waals surface area contributed by atoms with Crippen molar-refractivity contribution in [1.29, 1.82) is 0 Å². The predicted molar refractivity (Wildman–Crippen MR) is 132 cm³/mol. The van der Waals surface area contributed by atoms with Gasteiger partial charge in [0.2, 0.25) is 0 Å². The number of carbonyl (C=O) groups is 2. The number of thiocarbonyl (C=S) groups is 1. The molecular formula is C27H24N2O3S. The highest BCUT2D eigenvalue weighted by Gasteiger charge is 2.33. The number of nitrogens with zero attached hydrogens (tertiary/aromatic N) is 1. The third-order valence-electron chi connectivity index (χ3n) is 5.63. The maximum Gasteiger partial charge on any atom is 0.343 e. The van der Waals surface area contributed by atoms with Gasteiger partial charge in [0, 0.05) is 23.4 Å². The first kappa shape index (κ1) is 22.4. The summed E-state index contributed by atoms with van der Waals surface area (Å²) in [7, 11) is 0. The molecule has 0 aromatic heterocycles. The van der Waals surface area contributed by atoms with Gasteiger partial charge in [-0.05, 0) is 55.9 Å². The molecule has 1 heterocycles. The highest BCUT2D eigenvalue weighted by atomic mass is 32.1. The summed E-state index contributed by atoms with van der Waals surface area (Å²) in [5.41, 5.74) is 3.43. The van der Waals surface area contributed by atoms with E-state index in [1.54, 1.807) is 36.4 Å². The second-order valence-corrected chi connectivity index (χ2v) is 8.03. The summed E-state index contributed by atoms with van der Waals surface area (Å²) in [5.74, 6) is -0.0430. The van der Waals surface area contributed by atoms with E-state index in [-0.39, 0.29) is 5.78 Å². The van der Waals surface area contributed by atoms with Crippen LogP contribution in [-0.4, -0.2) is 28.3 Å². The topological polar surface area (TPSA) is 58.6 Å². The Morgan fingerprint density at radius 3 is 2.06 bits per heavy atom. The minimum atomic E-state index is -0.422. The van der Waals surface area contributed by atoms with Crippen LogP contribution in [-0.2, 0) is 0 Å². The fourth-order valence-electron chi connectivity index (χ4n) is 3.92. The third kappa shape index (κ3) is 4.71. The van der Waals surface area contributed by atoms with Gasteiger partial charge in [0.05, 0.1) is 11.6 Å². The van der Waals surface area contributed by atoms with Gasteiger partial charge < -0.3 is 15.0 Å². The van der Waals surface area contributed by atoms with Gasteiger partial charge >= 0.3 is 5.97 Å². The quantitative estimate of drug-likeness (QED) is 0.235. The Hall–Kier alpha value is -3.77. The fraction of sp³-hybridized carbons (Fsp3) is 0.148. The van der Waals surface area contributed by atoms with Gasteiger partial charge in [-0.3, -0.25) is 4.79 Å². The Bertz CT molecular complexity index is 1210. The minimum absolute atomic E-state index is 0.0499. The van der Waals surface area contributed by atoms with Crippen LogP contribution in [0.15, 0.2) is 96.2 Å². The molecule has 0 spiro atoms. The number of carbonyl (C=O) groups excluding carboxylic acids is 2. The number of ketones is 1. The number of hydrogen-bond donors (Lipinski definition) is 1. The summed E-state index contributed by atoms with van der Waals surface area (Å²) in [6.07, 6.45) is 0. The lowest BCUT2D eigenvalue weighted by atomic mass is 9.89. The lowest BCUT2D eigenvalue weighted by Gasteiger charge is -2.37. The van der Waals surface area contributed by atoms with E-state index >= 15 is 0 Å². The number of Topliss-reactive ketones (excluding diaryl/α,β-unsaturated/α-hetero) is 1. The monoisotopic (exact) mass is 456 g/mol. The summed E-state index contributed by atoms with van der Waals surface area (Å²) < 4.78 is 5.49. The van der Waals surface area contributed by atoms with E-state index in [1.807, 2.05) is 67.3 Å². The SMILES string of the molecule is CCN1C(=S)NC(c2ccc(OC(=O)c3ccccc3)cc2)C(C(=O)c2ccccc2)=C1C. The lowest BCUT2D eigenvalue weighted by Crippen LogP contribution is -2.47. The first-order valence-corrected chi connectivity index (χ1v) is 11.2. The average Bonchev–Trinajstić information content (AvgIpc) is 2.85. The van der Waals surface area contributed by atoms with Crippen molar-refractivity contribution in [2.24, 2.45) is 0 Å². The van der Waals surface area contributed by atoms with Crippen molar-refractivity contribution in [1.82, 2.24) is 10.2 Å². The maximum atomic E-state index is 13.5. The molecule has 3 aromatic carbocycles. The van der Waals surface area contributed by atoms with E-state index in [2.05, 4.69) is 5.32 Å². The van der Waals surface area contributed by atoms with Gasteiger partial charge in [-0.2, -0.15) is 0 Å². The fourth-order valence-corrected chi connectivity index (χ4v) is 4.30. The molecule has 0 saturated carbocycles. The molecule has 0 bridgehead atoms. The predicted octanol–water partition coefficient (Wildman–Crippen LogP) is 5.31. The molecule has 33 heavy (non-hydrogen) atoms. The van der Waals surface area contributed by atoms with Crippen LogP contribution in [0, 0.1) is 0 Å². The number of rotatable bonds is 6. The van der Waals surface area contributed by atoms with E-state index in [0.29, 0.717) is 34.1 Å². The zero-order valence-electron chi connectivity index (χ0n) is 18.4. The maximum absolute atomic E-state index is 13.5. The number of esters is 1. The van der Waals surface area contributed by atoms with Crippen molar-refractivity contribution in [3.63, 3.8) is 0 Å². The van der Waals surface area contributed by atoms with Crippen LogP contribution in [0.1, 0.15) is 46.2 Å². The van der Waals surface area contributed by atoms with Gasteiger partial charge in [-0.25, -0.2) is 4.79 Å². The Morgan fingerprint density at radius 2 is 1.48 bits per heavy atom. The molecule has 1 unspecified atom stereocenters. The van der Waals surface area contributed by atoms with E-state index in [4.69, 9.17) is 17.0 Å². The minimum Gasteiger partial charge on any atom is -0.423 e. The second kappa shape index (κ2) is 9.79. The Morgan fingerprint density at radius 1 is 0.909 bits per heavy atom. The zero-order valence-corrected chi connectivity index (χ0v) is 19.3. The molecule has 3 aromatic rings. The third-order valence-corrected chi connectivity index (χ3v) is 5.96. The highest BCUT2D eigenvalue weighted by Crippen LogP contribution is 2.33. The summed E-state index contributed by atoms with van der Waals surface area (Å²) in [5, 5.41) is 3.90. The van der Waals surface area contributed by atoms with Crippen LogP contribution in [0.5, 0.6) is 5.75 Å². The second-order valence-electron chi connectivity index (χ2n) is 7.65. The van der Waals surface area contributed by atoms with E-state index in [9.17, 15) is 9.59 Å².